The average Bonchev–Trinajstić information content (AvgIpc) is 2.60. The first-order chi connectivity index (χ1) is 12.5. The monoisotopic (exact) mass is 352 g/mol. The van der Waals surface area contributed by atoms with Crippen molar-refractivity contribution < 1.29 is 4.79 Å². The summed E-state index contributed by atoms with van der Waals surface area (Å²) >= 11 is 0. The summed E-state index contributed by atoms with van der Waals surface area (Å²) in [5, 5.41) is 2.97. The molecule has 5 nitrogen and oxygen atoms in total. The zero-order valence-electron chi connectivity index (χ0n) is 15.9. The third-order valence-electron chi connectivity index (χ3n) is 4.91. The van der Waals surface area contributed by atoms with Crippen LogP contribution in [0.25, 0.3) is 0 Å². The van der Waals surface area contributed by atoms with Gasteiger partial charge in [-0.25, -0.2) is 4.98 Å². The number of piperidine rings is 1. The van der Waals surface area contributed by atoms with Gasteiger partial charge in [-0.05, 0) is 36.3 Å². The third kappa shape index (κ3) is 4.88. The highest BCUT2D eigenvalue weighted by atomic mass is 16.1. The predicted octanol–water partition coefficient (Wildman–Crippen LogP) is 3.19. The first-order valence-electron chi connectivity index (χ1n) is 9.37. The summed E-state index contributed by atoms with van der Waals surface area (Å²) in [4.78, 5) is 23.1. The molecule has 0 aliphatic carbocycles. The molecule has 138 valence electrons. The largest absolute Gasteiger partial charge is 0.347 e. The van der Waals surface area contributed by atoms with E-state index in [2.05, 4.69) is 52.2 Å². The van der Waals surface area contributed by atoms with Crippen molar-refractivity contribution in [1.82, 2.24) is 20.2 Å². The smallest absolute Gasteiger partial charge is 0.271 e. The minimum Gasteiger partial charge on any atom is -0.347 e. The van der Waals surface area contributed by atoms with E-state index in [0.29, 0.717) is 12.2 Å². The highest BCUT2D eigenvalue weighted by Gasteiger charge is 2.22. The van der Waals surface area contributed by atoms with Crippen molar-refractivity contribution in [2.45, 2.75) is 40.3 Å². The van der Waals surface area contributed by atoms with E-state index in [1.807, 2.05) is 13.0 Å². The second-order valence-electron chi connectivity index (χ2n) is 7.63. The van der Waals surface area contributed by atoms with Crippen molar-refractivity contribution in [2.75, 3.05) is 13.1 Å². The van der Waals surface area contributed by atoms with Crippen LogP contribution in [0.3, 0.4) is 0 Å². The van der Waals surface area contributed by atoms with Crippen LogP contribution >= 0.6 is 0 Å². The molecule has 0 bridgehead atoms. The van der Waals surface area contributed by atoms with Crippen LogP contribution < -0.4 is 5.32 Å². The first kappa shape index (κ1) is 18.5. The standard InChI is InChI=1S/C21H28N4O/c1-15-8-16(2)13-25(12-15)14-19-7-5-4-6-18(19)10-24-21(26)20-11-22-17(3)9-23-20/h4-7,9,11,15-16H,8,10,12-14H2,1-3H3,(H,24,26)/t15-,16-/m1/s1. The van der Waals surface area contributed by atoms with E-state index in [-0.39, 0.29) is 5.91 Å². The fourth-order valence-electron chi connectivity index (χ4n) is 3.82. The summed E-state index contributed by atoms with van der Waals surface area (Å²) in [5.41, 5.74) is 3.60. The molecule has 2 atom stereocenters. The van der Waals surface area contributed by atoms with Crippen LogP contribution in [0.15, 0.2) is 36.7 Å². The number of hydrogen-bond donors (Lipinski definition) is 1. The molecular formula is C21H28N4O. The molecule has 0 spiro atoms. The molecule has 1 aromatic heterocycles. The van der Waals surface area contributed by atoms with Gasteiger partial charge >= 0.3 is 0 Å². The third-order valence-corrected chi connectivity index (χ3v) is 4.91. The number of nitrogens with one attached hydrogen (secondary N) is 1. The molecule has 2 heterocycles. The summed E-state index contributed by atoms with van der Waals surface area (Å²) in [5.74, 6) is 1.30. The molecule has 0 radical (unpaired) electrons. The summed E-state index contributed by atoms with van der Waals surface area (Å²) in [6.45, 7) is 10.2. The molecule has 0 unspecified atom stereocenters. The Labute approximate surface area is 155 Å². The number of benzene rings is 1. The topological polar surface area (TPSA) is 58.1 Å². The average molecular weight is 352 g/mol. The Hall–Kier alpha value is -2.27. The molecule has 1 N–H and O–H groups in total. The van der Waals surface area contributed by atoms with Crippen LogP contribution in [0.4, 0.5) is 0 Å². The van der Waals surface area contributed by atoms with Crippen molar-refractivity contribution in [1.29, 1.82) is 0 Å². The van der Waals surface area contributed by atoms with Gasteiger partial charge < -0.3 is 5.32 Å². The first-order valence-corrected chi connectivity index (χ1v) is 9.37. The normalized spacial score (nSPS) is 20.7. The van der Waals surface area contributed by atoms with Crippen molar-refractivity contribution in [2.24, 2.45) is 11.8 Å². The van der Waals surface area contributed by atoms with E-state index in [1.54, 1.807) is 6.20 Å². The van der Waals surface area contributed by atoms with Gasteiger partial charge in [-0.1, -0.05) is 38.1 Å². The van der Waals surface area contributed by atoms with Crippen molar-refractivity contribution in [3.8, 4) is 0 Å². The number of rotatable bonds is 5. The van der Waals surface area contributed by atoms with Gasteiger partial charge in [0.1, 0.15) is 5.69 Å². The maximum atomic E-state index is 12.3. The molecule has 2 aromatic rings. The molecular weight excluding hydrogens is 324 g/mol. The maximum Gasteiger partial charge on any atom is 0.271 e. The van der Waals surface area contributed by atoms with Gasteiger partial charge in [0, 0.05) is 32.4 Å². The highest BCUT2D eigenvalue weighted by Crippen LogP contribution is 2.23. The highest BCUT2D eigenvalue weighted by molar-refractivity contribution is 5.91. The Bertz CT molecular complexity index is 734. The molecule has 1 fully saturated rings. The van der Waals surface area contributed by atoms with E-state index in [4.69, 9.17) is 0 Å². The minimum absolute atomic E-state index is 0.187. The zero-order valence-corrected chi connectivity index (χ0v) is 15.9. The Balaban J connectivity index is 1.63. The zero-order chi connectivity index (χ0) is 18.5. The lowest BCUT2D eigenvalue weighted by Gasteiger charge is -2.35. The van der Waals surface area contributed by atoms with Crippen LogP contribution in [0, 0.1) is 18.8 Å². The lowest BCUT2D eigenvalue weighted by atomic mass is 9.91. The van der Waals surface area contributed by atoms with Crippen LogP contribution in [-0.4, -0.2) is 33.9 Å². The van der Waals surface area contributed by atoms with Gasteiger partial charge in [-0.3, -0.25) is 14.7 Å². The fraction of sp³-hybridized carbons (Fsp3) is 0.476. The van der Waals surface area contributed by atoms with E-state index in [9.17, 15) is 4.79 Å². The Morgan fingerprint density at radius 1 is 1.12 bits per heavy atom. The van der Waals surface area contributed by atoms with E-state index >= 15 is 0 Å². The Morgan fingerprint density at radius 3 is 2.46 bits per heavy atom. The molecule has 5 heteroatoms. The number of amides is 1. The number of carbonyl (C=O) groups excluding carboxylic acids is 1. The van der Waals surface area contributed by atoms with Crippen molar-refractivity contribution in [3.63, 3.8) is 0 Å². The molecule has 1 saturated heterocycles. The summed E-state index contributed by atoms with van der Waals surface area (Å²) < 4.78 is 0. The maximum absolute atomic E-state index is 12.3. The Morgan fingerprint density at radius 2 is 1.81 bits per heavy atom. The number of aryl methyl sites for hydroxylation is 1. The number of likely N-dealkylation sites (tertiary alicyclic amines) is 1. The second-order valence-corrected chi connectivity index (χ2v) is 7.63. The van der Waals surface area contributed by atoms with E-state index in [1.165, 1.54) is 18.2 Å². The second kappa shape index (κ2) is 8.41. The van der Waals surface area contributed by atoms with Gasteiger partial charge in [0.2, 0.25) is 0 Å². The molecule has 1 amide bonds. The Kier molecular flexibility index (Phi) is 5.99. The number of nitrogens with zero attached hydrogens (tertiary/aromatic N) is 3. The SMILES string of the molecule is Cc1cnc(C(=O)NCc2ccccc2CN2C[C@H](C)C[C@@H](C)C2)cn1. The molecule has 1 aromatic carbocycles. The minimum atomic E-state index is -0.187. The van der Waals surface area contributed by atoms with Crippen LogP contribution in [0.5, 0.6) is 0 Å². The van der Waals surface area contributed by atoms with Crippen LogP contribution in [0.1, 0.15) is 47.6 Å². The van der Waals surface area contributed by atoms with Gasteiger partial charge in [0.25, 0.3) is 5.91 Å². The number of carbonyl (C=O) groups is 1. The molecule has 26 heavy (non-hydrogen) atoms. The summed E-state index contributed by atoms with van der Waals surface area (Å²) in [7, 11) is 0. The van der Waals surface area contributed by atoms with Gasteiger partial charge in [0.05, 0.1) is 11.9 Å². The van der Waals surface area contributed by atoms with E-state index in [0.717, 1.165) is 42.7 Å². The molecule has 1 aliphatic heterocycles. The predicted molar refractivity (Wildman–Crippen MR) is 103 cm³/mol. The van der Waals surface area contributed by atoms with Gasteiger partial charge in [0.15, 0.2) is 0 Å². The lowest BCUT2D eigenvalue weighted by Crippen LogP contribution is -2.38. The summed E-state index contributed by atoms with van der Waals surface area (Å²) in [6.07, 6.45) is 4.44. The van der Waals surface area contributed by atoms with Crippen LogP contribution in [0.2, 0.25) is 0 Å². The quantitative estimate of drug-likeness (QED) is 0.898. The molecule has 0 saturated carbocycles. The molecule has 1 aliphatic rings. The fourth-order valence-corrected chi connectivity index (χ4v) is 3.82. The lowest BCUT2D eigenvalue weighted by molar-refractivity contribution is 0.0945. The summed E-state index contributed by atoms with van der Waals surface area (Å²) in [6, 6.07) is 8.35. The van der Waals surface area contributed by atoms with Crippen molar-refractivity contribution in [3.05, 3.63) is 59.2 Å². The van der Waals surface area contributed by atoms with Crippen molar-refractivity contribution >= 4 is 5.91 Å². The number of aromatic nitrogens is 2. The van der Waals surface area contributed by atoms with E-state index < -0.39 is 0 Å². The number of hydrogen-bond acceptors (Lipinski definition) is 4. The van der Waals surface area contributed by atoms with Gasteiger partial charge in [-0.15, -0.1) is 0 Å². The van der Waals surface area contributed by atoms with Crippen LogP contribution in [-0.2, 0) is 13.1 Å². The van der Waals surface area contributed by atoms with Gasteiger partial charge in [-0.2, -0.15) is 0 Å². The molecule has 3 rings (SSSR count).